The van der Waals surface area contributed by atoms with Gasteiger partial charge in [-0.05, 0) is 0 Å². The Morgan fingerprint density at radius 1 is 0.533 bits per heavy atom. The number of hydrogen-bond acceptors (Lipinski definition) is 1. The summed E-state index contributed by atoms with van der Waals surface area (Å²) in [7, 11) is -10.6. The molecule has 3 aliphatic rings. The van der Waals surface area contributed by atoms with Gasteiger partial charge in [0.25, 0.3) is 0 Å². The predicted octanol–water partition coefficient (Wildman–Crippen LogP) is 6.44. The van der Waals surface area contributed by atoms with Gasteiger partial charge in [0.05, 0.1) is 0 Å². The molecule has 0 aromatic rings. The van der Waals surface area contributed by atoms with E-state index in [1.807, 2.05) is 0 Å². The van der Waals surface area contributed by atoms with Gasteiger partial charge in [0.15, 0.2) is 0 Å². The van der Waals surface area contributed by atoms with E-state index >= 15 is 4.79 Å². The molecule has 30 heavy (non-hydrogen) atoms. The molecule has 0 atom stereocenters. The summed E-state index contributed by atoms with van der Waals surface area (Å²) >= 11 is 0. The van der Waals surface area contributed by atoms with E-state index in [1.165, 1.54) is 0 Å². The second-order valence-electron chi connectivity index (χ2n) is 16.1. The Bertz CT molecular complexity index is 707. The SMILES string of the molecule is CC(C)(C)C(=O)[Si]12[Si](C)(C)[Si](C)(C)[Si]([Si](C)(C)C)([Si](C)(C)[Si]1(C)C)[Si](C)(C)[Si]2(C)C. The molecule has 0 aromatic heterocycles. The predicted molar refractivity (Wildman–Crippen MR) is 164 cm³/mol. The van der Waals surface area contributed by atoms with Crippen LogP contribution in [0.15, 0.2) is 0 Å². The van der Waals surface area contributed by atoms with E-state index in [0.717, 1.165) is 5.41 Å². The Labute approximate surface area is 196 Å². The Kier molecular flexibility index (Phi) is 5.98. The summed E-state index contributed by atoms with van der Waals surface area (Å²) < 4.78 is 0. The van der Waals surface area contributed by atoms with Crippen LogP contribution < -0.4 is 0 Å². The second-order valence-corrected chi connectivity index (χ2v) is 131. The van der Waals surface area contributed by atoms with Crippen LogP contribution in [0.1, 0.15) is 20.8 Å². The number of rotatable bonds is 2. The third kappa shape index (κ3) is 2.26. The van der Waals surface area contributed by atoms with E-state index in [9.17, 15) is 0 Å². The van der Waals surface area contributed by atoms with E-state index < -0.39 is 63.0 Å². The molecule has 0 unspecified atom stereocenters. The quantitative estimate of drug-likeness (QED) is 0.354. The van der Waals surface area contributed by atoms with Crippen molar-refractivity contribution in [2.75, 3.05) is 0 Å². The number of fused-ring (bicyclic) bond motifs is 3. The van der Waals surface area contributed by atoms with Gasteiger partial charge in [0.1, 0.15) is 12.0 Å². The van der Waals surface area contributed by atoms with Crippen LogP contribution in [0.4, 0.5) is 0 Å². The molecule has 3 heterocycles. The van der Waals surface area contributed by atoms with Gasteiger partial charge < -0.3 is 4.79 Å². The highest BCUT2D eigenvalue weighted by atomic mass is 30.6. The molecule has 0 saturated carbocycles. The molecule has 0 radical (unpaired) electrons. The standard InChI is InChI=1S/C20H54OSi9/c1-20(2,3)19(21)29-23(7,8)26(13,14)30(22(4,5)6,27(15,16)24(29,9)10)28(17,18)25(29,11)12/h1-18H3. The van der Waals surface area contributed by atoms with Gasteiger partial charge in [-0.3, -0.25) is 0 Å². The van der Waals surface area contributed by atoms with Crippen LogP contribution in [0.25, 0.3) is 0 Å². The first-order chi connectivity index (χ1) is 12.7. The average Bonchev–Trinajstić information content (AvgIpc) is 2.40. The van der Waals surface area contributed by atoms with Crippen LogP contribution in [-0.2, 0) is 4.79 Å². The number of hydrogen-bond donors (Lipinski definition) is 0. The van der Waals surface area contributed by atoms with Crippen molar-refractivity contribution in [3.63, 3.8) is 0 Å². The highest BCUT2D eigenvalue weighted by Gasteiger charge is 2.96. The summed E-state index contributed by atoms with van der Waals surface area (Å²) in [5.74, 6) is 0. The summed E-state index contributed by atoms with van der Waals surface area (Å²) in [6.45, 7) is 48.3. The van der Waals surface area contributed by atoms with Crippen LogP contribution in [0, 0.1) is 5.41 Å². The zero-order valence-corrected chi connectivity index (χ0v) is 32.9. The molecule has 3 aliphatic heterocycles. The van der Waals surface area contributed by atoms with Gasteiger partial charge in [-0.2, -0.15) is 0 Å². The van der Waals surface area contributed by atoms with Crippen LogP contribution >= 0.6 is 0 Å². The van der Waals surface area contributed by atoms with Crippen LogP contribution in [0.3, 0.4) is 0 Å². The van der Waals surface area contributed by atoms with E-state index in [0.29, 0.717) is 0 Å². The van der Waals surface area contributed by atoms with Gasteiger partial charge in [-0.25, -0.2) is 0 Å². The first-order valence-electron chi connectivity index (χ1n) is 12.2. The van der Waals surface area contributed by atoms with E-state index in [-0.39, 0.29) is 5.41 Å². The fourth-order valence-corrected chi connectivity index (χ4v) is 654. The number of carbonyl (C=O) groups is 1. The van der Waals surface area contributed by atoms with Gasteiger partial charge >= 0.3 is 0 Å². The van der Waals surface area contributed by atoms with E-state index in [4.69, 9.17) is 0 Å². The summed E-state index contributed by atoms with van der Waals surface area (Å²) in [6, 6.07) is 0. The van der Waals surface area contributed by atoms with Crippen molar-refractivity contribution in [3.05, 3.63) is 0 Å². The Morgan fingerprint density at radius 3 is 0.933 bits per heavy atom. The Morgan fingerprint density at radius 2 is 0.767 bits per heavy atom. The average molecular weight is 563 g/mol. The lowest BCUT2D eigenvalue weighted by Gasteiger charge is -2.89. The fraction of sp³-hybridized carbons (Fsp3) is 0.950. The largest absolute Gasteiger partial charge is 0.306 e. The highest BCUT2D eigenvalue weighted by molar-refractivity contribution is 8.43. The van der Waals surface area contributed by atoms with Crippen LogP contribution in [-0.4, -0.2) is 68.4 Å². The monoisotopic (exact) mass is 562 g/mol. The lowest BCUT2D eigenvalue weighted by atomic mass is 9.99. The topological polar surface area (TPSA) is 17.1 Å². The fourth-order valence-electron chi connectivity index (χ4n) is 11.7. The van der Waals surface area contributed by atoms with Gasteiger partial charge in [0, 0.05) is 61.8 Å². The van der Waals surface area contributed by atoms with Gasteiger partial charge in [-0.15, -0.1) is 0 Å². The van der Waals surface area contributed by atoms with Gasteiger partial charge in [-0.1, -0.05) is 119 Å². The van der Waals surface area contributed by atoms with Crippen molar-refractivity contribution in [2.24, 2.45) is 5.41 Å². The molecule has 1 nitrogen and oxygen atoms in total. The molecular weight excluding hydrogens is 509 g/mol. The smallest absolute Gasteiger partial charge is 0.108 e. The third-order valence-electron chi connectivity index (χ3n) is 12.5. The first kappa shape index (κ1) is 27.9. The lowest BCUT2D eigenvalue weighted by Crippen LogP contribution is -3.22. The molecule has 0 aliphatic carbocycles. The molecular formula is C20H54OSi9. The number of carbonyl (C=O) groups excluding carboxylic acids is 1. The van der Waals surface area contributed by atoms with Gasteiger partial charge in [0.2, 0.25) is 0 Å². The Balaban J connectivity index is 3.38. The molecule has 10 heteroatoms. The van der Waals surface area contributed by atoms with Crippen molar-refractivity contribution >= 4 is 68.4 Å². The minimum absolute atomic E-state index is 0.136. The van der Waals surface area contributed by atoms with Crippen LogP contribution in [0.5, 0.6) is 0 Å². The molecule has 3 rings (SSSR count). The normalized spacial score (nSPS) is 37.7. The van der Waals surface area contributed by atoms with E-state index in [1.54, 1.807) is 0 Å². The Hall–Kier alpha value is 1.62. The summed E-state index contributed by atoms with van der Waals surface area (Å²) in [5.41, 5.74) is -0.136. The maximum atomic E-state index is 15.1. The molecule has 3 saturated heterocycles. The minimum Gasteiger partial charge on any atom is -0.306 e. The maximum Gasteiger partial charge on any atom is 0.108 e. The zero-order chi connectivity index (χ0) is 24.6. The minimum atomic E-state index is -2.02. The third-order valence-corrected chi connectivity index (χ3v) is 307. The summed E-state index contributed by atoms with van der Waals surface area (Å²) in [5, 5.41) is 0.916. The van der Waals surface area contributed by atoms with Crippen LogP contribution in [0.2, 0.25) is 98.2 Å². The second kappa shape index (κ2) is 6.43. The lowest BCUT2D eigenvalue weighted by molar-refractivity contribution is -0.118. The first-order valence-corrected chi connectivity index (χ1v) is 47.7. The molecule has 176 valence electrons. The molecule has 0 spiro atoms. The molecule has 0 aromatic carbocycles. The zero-order valence-electron chi connectivity index (χ0n) is 23.9. The van der Waals surface area contributed by atoms with Crippen molar-refractivity contribution in [3.8, 4) is 0 Å². The maximum absolute atomic E-state index is 15.1. The van der Waals surface area contributed by atoms with Crippen molar-refractivity contribution < 1.29 is 4.79 Å². The molecule has 0 amide bonds. The highest BCUT2D eigenvalue weighted by Crippen LogP contribution is 2.66. The van der Waals surface area contributed by atoms with Crippen molar-refractivity contribution in [2.45, 2.75) is 119 Å². The van der Waals surface area contributed by atoms with Crippen molar-refractivity contribution in [1.82, 2.24) is 0 Å². The summed E-state index contributed by atoms with van der Waals surface area (Å²) in [4.78, 5) is 15.1. The van der Waals surface area contributed by atoms with Crippen molar-refractivity contribution in [1.29, 1.82) is 0 Å². The molecule has 0 N–H and O–H groups in total. The molecule has 2 bridgehead atoms. The summed E-state index contributed by atoms with van der Waals surface area (Å²) in [6.07, 6.45) is -1.41. The molecule has 3 fully saturated rings. The van der Waals surface area contributed by atoms with E-state index in [2.05, 4.69) is 119 Å².